The van der Waals surface area contributed by atoms with Gasteiger partial charge in [0, 0.05) is 36.7 Å². The fourth-order valence-corrected chi connectivity index (χ4v) is 2.28. The molecule has 5 heteroatoms. The van der Waals surface area contributed by atoms with Gasteiger partial charge in [-0.2, -0.15) is 0 Å². The Labute approximate surface area is 116 Å². The number of amides is 2. The summed E-state index contributed by atoms with van der Waals surface area (Å²) in [5.41, 5.74) is 2.26. The summed E-state index contributed by atoms with van der Waals surface area (Å²) >= 11 is 0. The normalized spacial score (nSPS) is 12.9. The van der Waals surface area contributed by atoms with E-state index < -0.39 is 0 Å². The molecule has 0 spiro atoms. The van der Waals surface area contributed by atoms with Gasteiger partial charge in [-0.05, 0) is 29.8 Å². The molecular weight excluding hydrogens is 254 g/mol. The van der Waals surface area contributed by atoms with Gasteiger partial charge >= 0.3 is 0 Å². The Hall–Kier alpha value is -2.56. The third-order valence-electron chi connectivity index (χ3n) is 3.32. The minimum atomic E-state index is -0.124. The number of fused-ring (bicyclic) bond motifs is 1. The summed E-state index contributed by atoms with van der Waals surface area (Å²) in [7, 11) is 0. The first-order valence-electron chi connectivity index (χ1n) is 6.54. The van der Waals surface area contributed by atoms with Crippen LogP contribution >= 0.6 is 0 Å². The van der Waals surface area contributed by atoms with Crippen LogP contribution in [0, 0.1) is 0 Å². The number of hydrogen-bond acceptors (Lipinski definition) is 2. The van der Waals surface area contributed by atoms with Crippen LogP contribution in [0.3, 0.4) is 0 Å². The van der Waals surface area contributed by atoms with E-state index in [0.717, 1.165) is 17.8 Å². The molecule has 2 amide bonds. The number of carbonyl (C=O) groups excluding carboxylic acids is 2. The van der Waals surface area contributed by atoms with E-state index in [2.05, 4.69) is 10.6 Å². The van der Waals surface area contributed by atoms with Crippen LogP contribution in [0.2, 0.25) is 0 Å². The van der Waals surface area contributed by atoms with E-state index in [1.807, 2.05) is 35.2 Å². The Balaban J connectivity index is 1.60. The van der Waals surface area contributed by atoms with Crippen molar-refractivity contribution in [3.8, 4) is 0 Å². The molecule has 0 saturated heterocycles. The van der Waals surface area contributed by atoms with E-state index >= 15 is 0 Å². The Morgan fingerprint density at radius 3 is 2.90 bits per heavy atom. The average molecular weight is 269 g/mol. The topological polar surface area (TPSA) is 63.1 Å². The highest BCUT2D eigenvalue weighted by Gasteiger charge is 2.18. The van der Waals surface area contributed by atoms with Crippen molar-refractivity contribution in [1.82, 2.24) is 9.88 Å². The molecule has 0 aliphatic carbocycles. The Morgan fingerprint density at radius 2 is 2.10 bits per heavy atom. The van der Waals surface area contributed by atoms with Gasteiger partial charge < -0.3 is 15.2 Å². The summed E-state index contributed by atoms with van der Waals surface area (Å²) < 4.78 is 2.00. The van der Waals surface area contributed by atoms with Gasteiger partial charge in [0.15, 0.2) is 0 Å². The van der Waals surface area contributed by atoms with Gasteiger partial charge in [0.05, 0.1) is 6.42 Å². The summed E-state index contributed by atoms with van der Waals surface area (Å²) in [4.78, 5) is 23.3. The van der Waals surface area contributed by atoms with Crippen LogP contribution in [0.1, 0.15) is 15.9 Å². The van der Waals surface area contributed by atoms with Gasteiger partial charge in [0.25, 0.3) is 5.91 Å². The molecule has 2 aromatic rings. The van der Waals surface area contributed by atoms with Gasteiger partial charge in [-0.25, -0.2) is 0 Å². The van der Waals surface area contributed by atoms with Gasteiger partial charge in [-0.15, -0.1) is 0 Å². The number of hydrogen-bond donors (Lipinski definition) is 2. The van der Waals surface area contributed by atoms with Crippen LogP contribution in [0.4, 0.5) is 5.69 Å². The highest BCUT2D eigenvalue weighted by Crippen LogP contribution is 2.23. The zero-order valence-electron chi connectivity index (χ0n) is 10.9. The fraction of sp³-hybridized carbons (Fsp3) is 0.200. The average Bonchev–Trinajstić information content (AvgIpc) is 3.05. The van der Waals surface area contributed by atoms with Gasteiger partial charge in [-0.3, -0.25) is 9.59 Å². The molecule has 0 atom stereocenters. The molecule has 1 aliphatic rings. The third-order valence-corrected chi connectivity index (χ3v) is 3.32. The number of nitrogens with one attached hydrogen (secondary N) is 2. The van der Waals surface area contributed by atoms with Crippen molar-refractivity contribution < 1.29 is 9.59 Å². The molecule has 3 rings (SSSR count). The molecular formula is C15H15N3O2. The lowest BCUT2D eigenvalue weighted by Gasteiger charge is -2.07. The van der Waals surface area contributed by atoms with Gasteiger partial charge in [0.2, 0.25) is 5.91 Å². The highest BCUT2D eigenvalue weighted by atomic mass is 16.2. The van der Waals surface area contributed by atoms with E-state index in [4.69, 9.17) is 0 Å². The second kappa shape index (κ2) is 5.21. The van der Waals surface area contributed by atoms with Crippen molar-refractivity contribution in [3.63, 3.8) is 0 Å². The first kappa shape index (κ1) is 12.5. The minimum absolute atomic E-state index is 0.0230. The second-order valence-electron chi connectivity index (χ2n) is 4.77. The molecule has 0 bridgehead atoms. The van der Waals surface area contributed by atoms with Crippen LogP contribution in [-0.2, 0) is 17.8 Å². The van der Waals surface area contributed by atoms with Crippen molar-refractivity contribution in [2.45, 2.75) is 13.0 Å². The molecule has 1 aromatic heterocycles. The maximum absolute atomic E-state index is 12.0. The summed E-state index contributed by atoms with van der Waals surface area (Å²) in [5.74, 6) is -0.147. The number of anilines is 1. The maximum atomic E-state index is 12.0. The van der Waals surface area contributed by atoms with Crippen LogP contribution in [0.5, 0.6) is 0 Å². The van der Waals surface area contributed by atoms with E-state index in [0.29, 0.717) is 18.5 Å². The number of rotatable bonds is 4. The van der Waals surface area contributed by atoms with Crippen molar-refractivity contribution in [1.29, 1.82) is 0 Å². The smallest absolute Gasteiger partial charge is 0.251 e. The van der Waals surface area contributed by atoms with E-state index in [1.165, 1.54) is 0 Å². The van der Waals surface area contributed by atoms with Gasteiger partial charge in [0.1, 0.15) is 0 Å². The maximum Gasteiger partial charge on any atom is 0.251 e. The molecule has 2 N–H and O–H groups in total. The SMILES string of the molecule is O=C1Cc2ccc(C(=O)NCCn3cccc3)cc2N1. The molecule has 20 heavy (non-hydrogen) atoms. The van der Waals surface area contributed by atoms with Crippen LogP contribution in [0.25, 0.3) is 0 Å². The zero-order chi connectivity index (χ0) is 13.9. The second-order valence-corrected chi connectivity index (χ2v) is 4.77. The predicted molar refractivity (Wildman–Crippen MR) is 75.5 cm³/mol. The monoisotopic (exact) mass is 269 g/mol. The molecule has 0 saturated carbocycles. The molecule has 0 unspecified atom stereocenters. The third kappa shape index (κ3) is 2.56. The Kier molecular flexibility index (Phi) is 3.25. The summed E-state index contributed by atoms with van der Waals surface area (Å²) in [6.07, 6.45) is 4.30. The van der Waals surface area contributed by atoms with Crippen molar-refractivity contribution in [2.75, 3.05) is 11.9 Å². The quantitative estimate of drug-likeness (QED) is 0.881. The molecule has 2 heterocycles. The Bertz CT molecular complexity index is 647. The van der Waals surface area contributed by atoms with E-state index in [9.17, 15) is 9.59 Å². The summed E-state index contributed by atoms with van der Waals surface area (Å²) in [5, 5.41) is 5.62. The lowest BCUT2D eigenvalue weighted by molar-refractivity contribution is -0.115. The largest absolute Gasteiger partial charge is 0.353 e. The fourth-order valence-electron chi connectivity index (χ4n) is 2.28. The van der Waals surface area contributed by atoms with Gasteiger partial charge in [-0.1, -0.05) is 6.07 Å². The molecule has 102 valence electrons. The lowest BCUT2D eigenvalue weighted by atomic mass is 10.1. The van der Waals surface area contributed by atoms with Crippen LogP contribution < -0.4 is 10.6 Å². The number of benzene rings is 1. The van der Waals surface area contributed by atoms with Crippen LogP contribution in [-0.4, -0.2) is 22.9 Å². The number of nitrogens with zero attached hydrogens (tertiary/aromatic N) is 1. The van der Waals surface area contributed by atoms with E-state index in [1.54, 1.807) is 12.1 Å². The van der Waals surface area contributed by atoms with Crippen molar-refractivity contribution >= 4 is 17.5 Å². The molecule has 1 aromatic carbocycles. The first-order valence-corrected chi connectivity index (χ1v) is 6.54. The van der Waals surface area contributed by atoms with Crippen molar-refractivity contribution in [2.24, 2.45) is 0 Å². The standard InChI is InChI=1S/C15H15N3O2/c19-14-10-11-3-4-12(9-13(11)17-14)15(20)16-5-8-18-6-1-2-7-18/h1-4,6-7,9H,5,8,10H2,(H,16,20)(H,17,19). The Morgan fingerprint density at radius 1 is 1.30 bits per heavy atom. The van der Waals surface area contributed by atoms with E-state index in [-0.39, 0.29) is 11.8 Å². The highest BCUT2D eigenvalue weighted by molar-refractivity contribution is 6.02. The summed E-state index contributed by atoms with van der Waals surface area (Å²) in [6, 6.07) is 9.21. The molecule has 0 radical (unpaired) electrons. The van der Waals surface area contributed by atoms with Crippen molar-refractivity contribution in [3.05, 3.63) is 53.9 Å². The number of carbonyl (C=O) groups is 2. The zero-order valence-corrected chi connectivity index (χ0v) is 10.9. The molecule has 0 fully saturated rings. The molecule has 5 nitrogen and oxygen atoms in total. The first-order chi connectivity index (χ1) is 9.72. The predicted octanol–water partition coefficient (Wildman–Crippen LogP) is 1.41. The molecule has 1 aliphatic heterocycles. The summed E-state index contributed by atoms with van der Waals surface area (Å²) in [6.45, 7) is 1.30. The van der Waals surface area contributed by atoms with Crippen LogP contribution in [0.15, 0.2) is 42.7 Å². The number of aromatic nitrogens is 1. The lowest BCUT2D eigenvalue weighted by Crippen LogP contribution is -2.27. The minimum Gasteiger partial charge on any atom is -0.353 e.